The van der Waals surface area contributed by atoms with Crippen molar-refractivity contribution in [3.8, 4) is 0 Å². The number of rotatable bonds is 6. The Labute approximate surface area is 139 Å². The van der Waals surface area contributed by atoms with E-state index in [1.807, 2.05) is 19.9 Å². The van der Waals surface area contributed by atoms with Crippen molar-refractivity contribution in [2.75, 3.05) is 37.7 Å². The minimum absolute atomic E-state index is 0.00156. The topological polar surface area (TPSA) is 42.0 Å². The Hall–Kier alpha value is -1.75. The van der Waals surface area contributed by atoms with Crippen molar-refractivity contribution < 1.29 is 14.3 Å². The van der Waals surface area contributed by atoms with Gasteiger partial charge in [0.15, 0.2) is 0 Å². The Bertz CT molecular complexity index is 480. The number of likely N-dealkylation sites (tertiary alicyclic amines) is 1. The summed E-state index contributed by atoms with van der Waals surface area (Å²) in [5.41, 5.74) is 1.20. The molecule has 2 atom stereocenters. The first-order chi connectivity index (χ1) is 11.2. The first-order valence-corrected chi connectivity index (χ1v) is 8.56. The fourth-order valence-corrected chi connectivity index (χ4v) is 3.25. The van der Waals surface area contributed by atoms with Crippen LogP contribution in [0.5, 0.6) is 0 Å². The van der Waals surface area contributed by atoms with Gasteiger partial charge in [-0.3, -0.25) is 0 Å². The van der Waals surface area contributed by atoms with E-state index in [2.05, 4.69) is 36.1 Å². The van der Waals surface area contributed by atoms with E-state index in [-0.39, 0.29) is 18.2 Å². The lowest BCUT2D eigenvalue weighted by molar-refractivity contribution is -0.00935. The largest absolute Gasteiger partial charge is 0.450 e. The molecule has 128 valence electrons. The highest BCUT2D eigenvalue weighted by Gasteiger charge is 2.35. The van der Waals surface area contributed by atoms with E-state index in [0.717, 1.165) is 13.0 Å². The highest BCUT2D eigenvalue weighted by molar-refractivity contribution is 5.67. The van der Waals surface area contributed by atoms with Crippen LogP contribution in [0.4, 0.5) is 10.5 Å². The van der Waals surface area contributed by atoms with Crippen molar-refractivity contribution in [1.29, 1.82) is 0 Å². The van der Waals surface area contributed by atoms with E-state index in [1.165, 1.54) is 5.69 Å². The van der Waals surface area contributed by atoms with E-state index in [4.69, 9.17) is 9.47 Å². The van der Waals surface area contributed by atoms with Crippen molar-refractivity contribution in [3.05, 3.63) is 30.3 Å². The molecule has 1 fully saturated rings. The number of hydrogen-bond donors (Lipinski definition) is 0. The molecule has 1 aliphatic heterocycles. The summed E-state index contributed by atoms with van der Waals surface area (Å²) in [6, 6.07) is 10.7. The molecule has 0 radical (unpaired) electrons. The summed E-state index contributed by atoms with van der Waals surface area (Å²) in [5, 5.41) is 0. The Morgan fingerprint density at radius 1 is 1.22 bits per heavy atom. The summed E-state index contributed by atoms with van der Waals surface area (Å²) in [6.07, 6.45) is 0.642. The lowest BCUT2D eigenvalue weighted by Gasteiger charge is -2.43. The number of piperidine rings is 1. The molecule has 0 bridgehead atoms. The Morgan fingerprint density at radius 3 is 2.57 bits per heavy atom. The summed E-state index contributed by atoms with van der Waals surface area (Å²) in [5.74, 6) is 0. The van der Waals surface area contributed by atoms with Gasteiger partial charge in [-0.2, -0.15) is 0 Å². The van der Waals surface area contributed by atoms with Crippen LogP contribution in [-0.4, -0.2) is 56.0 Å². The number of ether oxygens (including phenoxy) is 2. The molecule has 0 spiro atoms. The standard InChI is InChI=1S/C18H28N2O3/c1-4-20(15-10-8-7-9-11-15)16-12-13-19(18(21)23-6-3)14-17(16)22-5-2/h7-11,16-17H,4-6,12-14H2,1-3H3. The molecule has 1 amide bonds. The molecule has 5 heteroatoms. The molecule has 1 heterocycles. The van der Waals surface area contributed by atoms with Gasteiger partial charge < -0.3 is 19.3 Å². The van der Waals surface area contributed by atoms with Crippen molar-refractivity contribution in [3.63, 3.8) is 0 Å². The van der Waals surface area contributed by atoms with Crippen molar-refractivity contribution in [1.82, 2.24) is 4.90 Å². The van der Waals surface area contributed by atoms with Crippen LogP contribution in [0.15, 0.2) is 30.3 Å². The van der Waals surface area contributed by atoms with Gasteiger partial charge >= 0.3 is 6.09 Å². The van der Waals surface area contributed by atoms with E-state index in [0.29, 0.717) is 26.3 Å². The van der Waals surface area contributed by atoms with E-state index >= 15 is 0 Å². The van der Waals surface area contributed by atoms with Crippen molar-refractivity contribution >= 4 is 11.8 Å². The summed E-state index contributed by atoms with van der Waals surface area (Å²) in [7, 11) is 0. The molecule has 1 aromatic rings. The third kappa shape index (κ3) is 4.38. The molecular formula is C18H28N2O3. The number of amides is 1. The SMILES string of the molecule is CCOC(=O)N1CCC(N(CC)c2ccccc2)C(OCC)C1. The van der Waals surface area contributed by atoms with Crippen LogP contribution in [0.3, 0.4) is 0 Å². The van der Waals surface area contributed by atoms with Crippen molar-refractivity contribution in [2.24, 2.45) is 0 Å². The zero-order valence-corrected chi connectivity index (χ0v) is 14.4. The second-order valence-electron chi connectivity index (χ2n) is 5.62. The van der Waals surface area contributed by atoms with Gasteiger partial charge in [-0.1, -0.05) is 18.2 Å². The maximum atomic E-state index is 12.0. The van der Waals surface area contributed by atoms with Crippen LogP contribution in [0, 0.1) is 0 Å². The maximum Gasteiger partial charge on any atom is 0.409 e. The monoisotopic (exact) mass is 320 g/mol. The first-order valence-electron chi connectivity index (χ1n) is 8.56. The van der Waals surface area contributed by atoms with Crippen LogP contribution < -0.4 is 4.90 Å². The Morgan fingerprint density at radius 2 is 1.96 bits per heavy atom. The lowest BCUT2D eigenvalue weighted by atomic mass is 9.99. The summed E-state index contributed by atoms with van der Waals surface area (Å²) < 4.78 is 11.1. The van der Waals surface area contributed by atoms with Gasteiger partial charge in [-0.15, -0.1) is 0 Å². The van der Waals surface area contributed by atoms with E-state index < -0.39 is 0 Å². The van der Waals surface area contributed by atoms with Gasteiger partial charge in [0.05, 0.1) is 25.3 Å². The average molecular weight is 320 g/mol. The Kier molecular flexibility index (Phi) is 6.71. The molecule has 5 nitrogen and oxygen atoms in total. The fraction of sp³-hybridized carbons (Fsp3) is 0.611. The normalized spacial score (nSPS) is 21.1. The molecule has 1 saturated heterocycles. The molecule has 0 saturated carbocycles. The molecule has 23 heavy (non-hydrogen) atoms. The molecule has 0 aromatic heterocycles. The summed E-state index contributed by atoms with van der Waals surface area (Å²) >= 11 is 0. The predicted molar refractivity (Wildman–Crippen MR) is 91.9 cm³/mol. The minimum atomic E-state index is -0.238. The molecular weight excluding hydrogens is 292 g/mol. The van der Waals surface area contributed by atoms with Crippen LogP contribution in [-0.2, 0) is 9.47 Å². The van der Waals surface area contributed by atoms with Crippen molar-refractivity contribution in [2.45, 2.75) is 39.3 Å². The molecule has 0 N–H and O–H groups in total. The number of hydrogen-bond acceptors (Lipinski definition) is 4. The van der Waals surface area contributed by atoms with Gasteiger partial charge in [0.25, 0.3) is 0 Å². The predicted octanol–water partition coefficient (Wildman–Crippen LogP) is 3.15. The van der Waals surface area contributed by atoms with Crippen LogP contribution >= 0.6 is 0 Å². The zero-order valence-electron chi connectivity index (χ0n) is 14.4. The van der Waals surface area contributed by atoms with Gasteiger partial charge in [-0.25, -0.2) is 4.79 Å². The van der Waals surface area contributed by atoms with Crippen LogP contribution in [0.1, 0.15) is 27.2 Å². The average Bonchev–Trinajstić information content (AvgIpc) is 2.58. The third-order valence-electron chi connectivity index (χ3n) is 4.26. The summed E-state index contributed by atoms with van der Waals surface area (Å²) in [6.45, 7) is 9.24. The fourth-order valence-electron chi connectivity index (χ4n) is 3.25. The molecule has 0 aliphatic carbocycles. The second-order valence-corrected chi connectivity index (χ2v) is 5.62. The molecule has 2 rings (SSSR count). The highest BCUT2D eigenvalue weighted by Crippen LogP contribution is 2.25. The smallest absolute Gasteiger partial charge is 0.409 e. The van der Waals surface area contributed by atoms with Gasteiger partial charge in [0.1, 0.15) is 0 Å². The van der Waals surface area contributed by atoms with Crippen LogP contribution in [0.2, 0.25) is 0 Å². The first kappa shape index (κ1) is 17.6. The highest BCUT2D eigenvalue weighted by atomic mass is 16.6. The van der Waals surface area contributed by atoms with Gasteiger partial charge in [0.2, 0.25) is 0 Å². The Balaban J connectivity index is 2.12. The summed E-state index contributed by atoms with van der Waals surface area (Å²) in [4.78, 5) is 16.1. The minimum Gasteiger partial charge on any atom is -0.450 e. The quantitative estimate of drug-likeness (QED) is 0.807. The van der Waals surface area contributed by atoms with Crippen LogP contribution in [0.25, 0.3) is 0 Å². The number of nitrogens with zero attached hydrogens (tertiary/aromatic N) is 2. The third-order valence-corrected chi connectivity index (χ3v) is 4.26. The number of anilines is 1. The van der Waals surface area contributed by atoms with E-state index in [9.17, 15) is 4.79 Å². The zero-order chi connectivity index (χ0) is 16.7. The lowest BCUT2D eigenvalue weighted by Crippen LogP contribution is -2.56. The second kappa shape index (κ2) is 8.77. The molecule has 1 aromatic carbocycles. The molecule has 1 aliphatic rings. The number of carbonyl (C=O) groups is 1. The molecule has 2 unspecified atom stereocenters. The number of para-hydroxylation sites is 1. The number of carbonyl (C=O) groups excluding carboxylic acids is 1. The van der Waals surface area contributed by atoms with Gasteiger partial charge in [-0.05, 0) is 39.3 Å². The number of benzene rings is 1. The van der Waals surface area contributed by atoms with E-state index in [1.54, 1.807) is 4.90 Å². The maximum absolute atomic E-state index is 12.0. The van der Waals surface area contributed by atoms with Gasteiger partial charge in [0, 0.05) is 25.4 Å². The number of likely N-dealkylation sites (N-methyl/N-ethyl adjacent to an activating group) is 1.